The fourth-order valence-corrected chi connectivity index (χ4v) is 2.76. The number of halogens is 1. The minimum absolute atomic E-state index is 0.0652. The molecule has 26 heavy (non-hydrogen) atoms. The number of aryl methyl sites for hydroxylation is 1. The standard InChI is InChI=1S/C20H22FN3O2/c1-14-5-2-8-17(11-14)23-20(22-13-18-9-4-10-26-18)24-19(25)15-6-3-7-16(21)12-15/h2-3,5-8,11-12,18H,4,9-10,13H2,1H3,(H2,22,23,24,25)/t18-/m1/s1. The van der Waals surface area contributed by atoms with E-state index >= 15 is 0 Å². The Balaban J connectivity index is 1.75. The lowest BCUT2D eigenvalue weighted by Gasteiger charge is -2.14. The fourth-order valence-electron chi connectivity index (χ4n) is 2.76. The monoisotopic (exact) mass is 355 g/mol. The number of guanidine groups is 1. The Labute approximate surface area is 152 Å². The van der Waals surface area contributed by atoms with Crippen LogP contribution < -0.4 is 10.6 Å². The van der Waals surface area contributed by atoms with E-state index in [1.165, 1.54) is 18.2 Å². The van der Waals surface area contributed by atoms with Crippen molar-refractivity contribution in [1.29, 1.82) is 0 Å². The van der Waals surface area contributed by atoms with Gasteiger partial charge in [0.1, 0.15) is 5.82 Å². The van der Waals surface area contributed by atoms with E-state index in [0.717, 1.165) is 30.7 Å². The van der Waals surface area contributed by atoms with Gasteiger partial charge in [0.25, 0.3) is 5.91 Å². The minimum atomic E-state index is -0.456. The van der Waals surface area contributed by atoms with E-state index in [1.807, 2.05) is 31.2 Å². The molecule has 1 amide bonds. The van der Waals surface area contributed by atoms with Crippen molar-refractivity contribution in [3.05, 3.63) is 65.5 Å². The van der Waals surface area contributed by atoms with Gasteiger partial charge in [0.05, 0.1) is 12.6 Å². The third-order valence-corrected chi connectivity index (χ3v) is 4.08. The maximum atomic E-state index is 13.4. The van der Waals surface area contributed by atoms with Crippen LogP contribution in [0.1, 0.15) is 28.8 Å². The SMILES string of the molecule is Cc1cccc(NC(=NC[C@H]2CCCO2)NC(=O)c2cccc(F)c2)c1. The third kappa shape index (κ3) is 5.13. The zero-order valence-electron chi connectivity index (χ0n) is 14.7. The van der Waals surface area contributed by atoms with Crippen molar-refractivity contribution in [2.45, 2.75) is 25.9 Å². The van der Waals surface area contributed by atoms with Crippen LogP contribution in [0.3, 0.4) is 0 Å². The summed E-state index contributed by atoms with van der Waals surface area (Å²) in [6.45, 7) is 3.19. The van der Waals surface area contributed by atoms with E-state index in [4.69, 9.17) is 4.74 Å². The number of amides is 1. The highest BCUT2D eigenvalue weighted by atomic mass is 19.1. The molecule has 2 aromatic carbocycles. The summed E-state index contributed by atoms with van der Waals surface area (Å²) in [5, 5.41) is 5.86. The maximum absolute atomic E-state index is 13.4. The number of aliphatic imine (C=N–C) groups is 1. The predicted octanol–water partition coefficient (Wildman–Crippen LogP) is 3.51. The van der Waals surface area contributed by atoms with Gasteiger partial charge in [0, 0.05) is 17.9 Å². The highest BCUT2D eigenvalue weighted by Crippen LogP contribution is 2.13. The highest BCUT2D eigenvalue weighted by Gasteiger charge is 2.16. The quantitative estimate of drug-likeness (QED) is 0.652. The first-order valence-electron chi connectivity index (χ1n) is 8.67. The summed E-state index contributed by atoms with van der Waals surface area (Å²) in [4.78, 5) is 16.9. The lowest BCUT2D eigenvalue weighted by molar-refractivity contribution is 0.0975. The minimum Gasteiger partial charge on any atom is -0.376 e. The molecule has 2 N–H and O–H groups in total. The first-order chi connectivity index (χ1) is 12.6. The molecule has 0 aliphatic carbocycles. The number of nitrogens with zero attached hydrogens (tertiary/aromatic N) is 1. The molecule has 1 atom stereocenters. The molecule has 1 aliphatic heterocycles. The van der Waals surface area contributed by atoms with Crippen LogP contribution in [0.2, 0.25) is 0 Å². The van der Waals surface area contributed by atoms with Crippen LogP contribution in [0, 0.1) is 12.7 Å². The van der Waals surface area contributed by atoms with Crippen molar-refractivity contribution in [2.24, 2.45) is 4.99 Å². The summed E-state index contributed by atoms with van der Waals surface area (Å²) in [7, 11) is 0. The summed E-state index contributed by atoms with van der Waals surface area (Å²) >= 11 is 0. The first-order valence-corrected chi connectivity index (χ1v) is 8.67. The predicted molar refractivity (Wildman–Crippen MR) is 99.9 cm³/mol. The second kappa shape index (κ2) is 8.58. The maximum Gasteiger partial charge on any atom is 0.258 e. The Morgan fingerprint density at radius 2 is 2.12 bits per heavy atom. The number of nitrogens with one attached hydrogen (secondary N) is 2. The van der Waals surface area contributed by atoms with E-state index in [1.54, 1.807) is 6.07 Å². The molecule has 1 heterocycles. The van der Waals surface area contributed by atoms with Gasteiger partial charge < -0.3 is 10.1 Å². The molecular formula is C20H22FN3O2. The molecule has 3 rings (SSSR count). The molecule has 1 fully saturated rings. The van der Waals surface area contributed by atoms with E-state index in [0.29, 0.717) is 12.5 Å². The van der Waals surface area contributed by atoms with Crippen LogP contribution in [0.25, 0.3) is 0 Å². The summed E-state index contributed by atoms with van der Waals surface area (Å²) in [6.07, 6.45) is 2.05. The molecule has 6 heteroatoms. The highest BCUT2D eigenvalue weighted by molar-refractivity contribution is 6.09. The van der Waals surface area contributed by atoms with Gasteiger partial charge in [-0.25, -0.2) is 9.38 Å². The number of anilines is 1. The Hall–Kier alpha value is -2.73. The van der Waals surface area contributed by atoms with Gasteiger partial charge in [0.15, 0.2) is 0 Å². The van der Waals surface area contributed by atoms with Gasteiger partial charge in [-0.15, -0.1) is 0 Å². The molecule has 0 spiro atoms. The van der Waals surface area contributed by atoms with Crippen LogP contribution in [-0.4, -0.2) is 31.1 Å². The summed E-state index contributed by atoms with van der Waals surface area (Å²) in [5.41, 5.74) is 2.14. The molecule has 0 radical (unpaired) electrons. The first kappa shape index (κ1) is 18.1. The van der Waals surface area contributed by atoms with Crippen LogP contribution in [0.4, 0.5) is 10.1 Å². The van der Waals surface area contributed by atoms with Crippen molar-refractivity contribution in [1.82, 2.24) is 5.32 Å². The lowest BCUT2D eigenvalue weighted by Crippen LogP contribution is -2.36. The molecule has 1 saturated heterocycles. The van der Waals surface area contributed by atoms with Crippen molar-refractivity contribution in [3.63, 3.8) is 0 Å². The van der Waals surface area contributed by atoms with Crippen LogP contribution in [0.15, 0.2) is 53.5 Å². The average molecular weight is 355 g/mol. The van der Waals surface area contributed by atoms with Gasteiger partial charge in [0.2, 0.25) is 5.96 Å². The van der Waals surface area contributed by atoms with E-state index < -0.39 is 11.7 Å². The third-order valence-electron chi connectivity index (χ3n) is 4.08. The van der Waals surface area contributed by atoms with E-state index in [2.05, 4.69) is 15.6 Å². The van der Waals surface area contributed by atoms with Gasteiger partial charge in [-0.2, -0.15) is 0 Å². The Morgan fingerprint density at radius 1 is 1.27 bits per heavy atom. The molecule has 5 nitrogen and oxygen atoms in total. The van der Waals surface area contributed by atoms with E-state index in [-0.39, 0.29) is 11.7 Å². The average Bonchev–Trinajstić information content (AvgIpc) is 3.13. The van der Waals surface area contributed by atoms with Crippen molar-refractivity contribution in [3.8, 4) is 0 Å². The van der Waals surface area contributed by atoms with E-state index in [9.17, 15) is 9.18 Å². The van der Waals surface area contributed by atoms with Crippen molar-refractivity contribution < 1.29 is 13.9 Å². The van der Waals surface area contributed by atoms with Crippen LogP contribution in [0.5, 0.6) is 0 Å². The Bertz CT molecular complexity index is 801. The molecule has 2 aromatic rings. The van der Waals surface area contributed by atoms with Gasteiger partial charge in [-0.05, 0) is 55.7 Å². The van der Waals surface area contributed by atoms with Crippen molar-refractivity contribution in [2.75, 3.05) is 18.5 Å². The number of benzene rings is 2. The number of ether oxygens (including phenoxy) is 1. The lowest BCUT2D eigenvalue weighted by atomic mass is 10.2. The van der Waals surface area contributed by atoms with Gasteiger partial charge >= 0.3 is 0 Å². The summed E-state index contributed by atoms with van der Waals surface area (Å²) in [5.74, 6) is -0.557. The zero-order chi connectivity index (χ0) is 18.4. The molecule has 0 aromatic heterocycles. The van der Waals surface area contributed by atoms with Gasteiger partial charge in [-0.3, -0.25) is 10.1 Å². The van der Waals surface area contributed by atoms with Crippen LogP contribution >= 0.6 is 0 Å². The molecular weight excluding hydrogens is 333 g/mol. The summed E-state index contributed by atoms with van der Waals surface area (Å²) < 4.78 is 18.9. The molecule has 136 valence electrons. The largest absolute Gasteiger partial charge is 0.376 e. The van der Waals surface area contributed by atoms with Crippen LogP contribution in [-0.2, 0) is 4.74 Å². The molecule has 0 unspecified atom stereocenters. The molecule has 1 aliphatic rings. The van der Waals surface area contributed by atoms with Gasteiger partial charge in [-0.1, -0.05) is 18.2 Å². The van der Waals surface area contributed by atoms with Crippen molar-refractivity contribution >= 4 is 17.6 Å². The topological polar surface area (TPSA) is 62.7 Å². The number of hydrogen-bond acceptors (Lipinski definition) is 3. The fraction of sp³-hybridized carbons (Fsp3) is 0.300. The zero-order valence-corrected chi connectivity index (χ0v) is 14.7. The smallest absolute Gasteiger partial charge is 0.258 e. The number of rotatable bonds is 4. The second-order valence-corrected chi connectivity index (χ2v) is 6.28. The molecule has 0 bridgehead atoms. The summed E-state index contributed by atoms with van der Waals surface area (Å²) in [6, 6.07) is 13.3. The molecule has 0 saturated carbocycles. The number of hydrogen-bond donors (Lipinski definition) is 2. The number of carbonyl (C=O) groups excluding carboxylic acids is 1. The second-order valence-electron chi connectivity index (χ2n) is 6.28. The Kier molecular flexibility index (Phi) is 5.96. The Morgan fingerprint density at radius 3 is 2.85 bits per heavy atom. The number of carbonyl (C=O) groups is 1. The normalized spacial score (nSPS) is 17.2.